The monoisotopic (exact) mass is 206 g/mol. The Morgan fingerprint density at radius 3 is 2.31 bits per heavy atom. The molecule has 4 heteroatoms. The molecule has 13 heavy (non-hydrogen) atoms. The van der Waals surface area contributed by atoms with Crippen molar-refractivity contribution < 1.29 is 13.5 Å². The van der Waals surface area contributed by atoms with Crippen LogP contribution in [0.2, 0.25) is 0 Å². The molecule has 0 heterocycles. The van der Waals surface area contributed by atoms with Crippen LogP contribution >= 0.6 is 0 Å². The highest BCUT2D eigenvalue weighted by Crippen LogP contribution is 2.26. The molecule has 0 aliphatic heterocycles. The lowest BCUT2D eigenvalue weighted by molar-refractivity contribution is 0.104. The molecule has 1 atom stereocenters. The van der Waals surface area contributed by atoms with Gasteiger partial charge in [0.25, 0.3) is 0 Å². The van der Waals surface area contributed by atoms with Crippen molar-refractivity contribution in [1.29, 1.82) is 0 Å². The topological polar surface area (TPSA) is 54.4 Å². The van der Waals surface area contributed by atoms with Crippen LogP contribution in [-0.4, -0.2) is 31.6 Å². The van der Waals surface area contributed by atoms with E-state index < -0.39 is 15.9 Å². The van der Waals surface area contributed by atoms with E-state index in [0.29, 0.717) is 0 Å². The van der Waals surface area contributed by atoms with E-state index in [1.54, 1.807) is 0 Å². The molecular formula is C9H18O3S. The Labute approximate surface area is 80.1 Å². The second-order valence-electron chi connectivity index (χ2n) is 4.06. The summed E-state index contributed by atoms with van der Waals surface area (Å²) in [5.74, 6) is 0.140. The maximum absolute atomic E-state index is 10.9. The predicted octanol–water partition coefficient (Wildman–Crippen LogP) is 0.972. The van der Waals surface area contributed by atoms with Crippen molar-refractivity contribution in [1.82, 2.24) is 0 Å². The SMILES string of the molecule is CS(=O)(=O)CC(O)C1CCCCC1. The molecule has 1 unspecified atom stereocenters. The van der Waals surface area contributed by atoms with Crippen LogP contribution in [0.1, 0.15) is 32.1 Å². The number of rotatable bonds is 3. The van der Waals surface area contributed by atoms with Gasteiger partial charge in [-0.25, -0.2) is 8.42 Å². The molecular weight excluding hydrogens is 188 g/mol. The summed E-state index contributed by atoms with van der Waals surface area (Å²) >= 11 is 0. The Morgan fingerprint density at radius 1 is 1.31 bits per heavy atom. The van der Waals surface area contributed by atoms with Gasteiger partial charge in [-0.3, -0.25) is 0 Å². The fraction of sp³-hybridized carbons (Fsp3) is 1.00. The summed E-state index contributed by atoms with van der Waals surface area (Å²) in [4.78, 5) is 0. The maximum Gasteiger partial charge on any atom is 0.150 e. The fourth-order valence-corrected chi connectivity index (χ4v) is 2.86. The van der Waals surface area contributed by atoms with E-state index in [-0.39, 0.29) is 11.7 Å². The molecule has 3 nitrogen and oxygen atoms in total. The molecule has 0 aromatic heterocycles. The number of aliphatic hydroxyl groups excluding tert-OH is 1. The first kappa shape index (κ1) is 11.0. The lowest BCUT2D eigenvalue weighted by Crippen LogP contribution is -2.29. The van der Waals surface area contributed by atoms with Crippen LogP contribution in [0.15, 0.2) is 0 Å². The zero-order chi connectivity index (χ0) is 9.90. The van der Waals surface area contributed by atoms with Crippen LogP contribution in [-0.2, 0) is 9.84 Å². The van der Waals surface area contributed by atoms with E-state index in [4.69, 9.17) is 0 Å². The molecule has 1 saturated carbocycles. The molecule has 78 valence electrons. The summed E-state index contributed by atoms with van der Waals surface area (Å²) in [6.07, 6.45) is 5.99. The normalized spacial score (nSPS) is 22.9. The van der Waals surface area contributed by atoms with Gasteiger partial charge in [-0.1, -0.05) is 19.3 Å². The van der Waals surface area contributed by atoms with Crippen molar-refractivity contribution >= 4 is 9.84 Å². The first-order chi connectivity index (χ1) is 5.99. The average Bonchev–Trinajstić information content (AvgIpc) is 2.03. The molecule has 0 aromatic carbocycles. The van der Waals surface area contributed by atoms with E-state index in [1.165, 1.54) is 12.7 Å². The quantitative estimate of drug-likeness (QED) is 0.748. The van der Waals surface area contributed by atoms with E-state index >= 15 is 0 Å². The molecule has 1 aliphatic rings. The maximum atomic E-state index is 10.9. The Hall–Kier alpha value is -0.0900. The fourth-order valence-electron chi connectivity index (χ4n) is 1.97. The third kappa shape index (κ3) is 4.09. The summed E-state index contributed by atoms with van der Waals surface area (Å²) in [5.41, 5.74) is 0. The second-order valence-corrected chi connectivity index (χ2v) is 6.24. The Kier molecular flexibility index (Phi) is 3.74. The number of hydrogen-bond acceptors (Lipinski definition) is 3. The van der Waals surface area contributed by atoms with Crippen LogP contribution < -0.4 is 0 Å². The van der Waals surface area contributed by atoms with Gasteiger partial charge in [-0.2, -0.15) is 0 Å². The van der Waals surface area contributed by atoms with Crippen molar-refractivity contribution in [2.24, 2.45) is 5.92 Å². The van der Waals surface area contributed by atoms with Crippen molar-refractivity contribution in [3.8, 4) is 0 Å². The highest BCUT2D eigenvalue weighted by Gasteiger charge is 2.24. The molecule has 0 bridgehead atoms. The molecule has 1 N–H and O–H groups in total. The lowest BCUT2D eigenvalue weighted by Gasteiger charge is -2.25. The molecule has 1 fully saturated rings. The Balaban J connectivity index is 2.42. The first-order valence-corrected chi connectivity index (χ1v) is 6.91. The van der Waals surface area contributed by atoms with Crippen LogP contribution in [0.25, 0.3) is 0 Å². The van der Waals surface area contributed by atoms with Crippen LogP contribution in [0.4, 0.5) is 0 Å². The molecule has 0 radical (unpaired) electrons. The second kappa shape index (κ2) is 4.42. The van der Waals surface area contributed by atoms with Gasteiger partial charge in [0.1, 0.15) is 9.84 Å². The molecule has 1 aliphatic carbocycles. The standard InChI is InChI=1S/C9H18O3S/c1-13(11,12)7-9(10)8-5-3-2-4-6-8/h8-10H,2-7H2,1H3. The zero-order valence-electron chi connectivity index (χ0n) is 8.07. The highest BCUT2D eigenvalue weighted by atomic mass is 32.2. The molecule has 1 rings (SSSR count). The van der Waals surface area contributed by atoms with Gasteiger partial charge in [0.2, 0.25) is 0 Å². The van der Waals surface area contributed by atoms with Gasteiger partial charge in [0, 0.05) is 6.26 Å². The molecule has 0 amide bonds. The van der Waals surface area contributed by atoms with Crippen LogP contribution in [0.5, 0.6) is 0 Å². The molecule has 0 spiro atoms. The lowest BCUT2D eigenvalue weighted by atomic mass is 9.86. The third-order valence-corrected chi connectivity index (χ3v) is 3.61. The van der Waals surface area contributed by atoms with Gasteiger partial charge < -0.3 is 5.11 Å². The Bertz CT molecular complexity index is 240. The third-order valence-electron chi connectivity index (χ3n) is 2.67. The van der Waals surface area contributed by atoms with Gasteiger partial charge in [0.15, 0.2) is 0 Å². The molecule has 0 saturated heterocycles. The van der Waals surface area contributed by atoms with Crippen molar-refractivity contribution in [2.45, 2.75) is 38.2 Å². The molecule has 0 aromatic rings. The summed E-state index contributed by atoms with van der Waals surface area (Å²) in [6, 6.07) is 0. The summed E-state index contributed by atoms with van der Waals surface area (Å²) in [6.45, 7) is 0. The van der Waals surface area contributed by atoms with Crippen molar-refractivity contribution in [2.75, 3.05) is 12.0 Å². The van der Waals surface area contributed by atoms with Gasteiger partial charge >= 0.3 is 0 Å². The first-order valence-electron chi connectivity index (χ1n) is 4.85. The summed E-state index contributed by atoms with van der Waals surface area (Å²) in [5, 5.41) is 9.63. The number of sulfone groups is 1. The van der Waals surface area contributed by atoms with Gasteiger partial charge in [0.05, 0.1) is 11.9 Å². The summed E-state index contributed by atoms with van der Waals surface area (Å²) < 4.78 is 21.8. The van der Waals surface area contributed by atoms with E-state index in [0.717, 1.165) is 25.7 Å². The summed E-state index contributed by atoms with van der Waals surface area (Å²) in [7, 11) is -3.02. The van der Waals surface area contributed by atoms with Crippen molar-refractivity contribution in [3.63, 3.8) is 0 Å². The minimum absolute atomic E-state index is 0.0718. The smallest absolute Gasteiger partial charge is 0.150 e. The highest BCUT2D eigenvalue weighted by molar-refractivity contribution is 7.90. The van der Waals surface area contributed by atoms with Crippen LogP contribution in [0, 0.1) is 5.92 Å². The largest absolute Gasteiger partial charge is 0.392 e. The predicted molar refractivity (Wildman–Crippen MR) is 52.3 cm³/mol. The van der Waals surface area contributed by atoms with E-state index in [2.05, 4.69) is 0 Å². The Morgan fingerprint density at radius 2 is 1.85 bits per heavy atom. The van der Waals surface area contributed by atoms with Gasteiger partial charge in [-0.05, 0) is 18.8 Å². The number of hydrogen-bond donors (Lipinski definition) is 1. The van der Waals surface area contributed by atoms with Gasteiger partial charge in [-0.15, -0.1) is 0 Å². The van der Waals surface area contributed by atoms with E-state index in [1.807, 2.05) is 0 Å². The minimum atomic E-state index is -3.02. The van der Waals surface area contributed by atoms with E-state index in [9.17, 15) is 13.5 Å². The number of aliphatic hydroxyl groups is 1. The minimum Gasteiger partial charge on any atom is -0.392 e. The van der Waals surface area contributed by atoms with Crippen molar-refractivity contribution in [3.05, 3.63) is 0 Å². The van der Waals surface area contributed by atoms with Crippen LogP contribution in [0.3, 0.4) is 0 Å². The zero-order valence-corrected chi connectivity index (χ0v) is 8.89. The average molecular weight is 206 g/mol.